The maximum Gasteiger partial charge on any atom is 0.176 e. The van der Waals surface area contributed by atoms with Gasteiger partial charge in [-0.2, -0.15) is 0 Å². The van der Waals surface area contributed by atoms with Crippen LogP contribution in [0.25, 0.3) is 15.9 Å². The number of fused-ring (bicyclic) bond motifs is 1. The lowest BCUT2D eigenvalue weighted by atomic mass is 10.1. The lowest BCUT2D eigenvalue weighted by Crippen LogP contribution is -2.37. The normalized spacial score (nSPS) is 16.1. The number of thiazole rings is 1. The number of nitrogens with one attached hydrogen (secondary N) is 1. The van der Waals surface area contributed by atoms with Crippen molar-refractivity contribution >= 4 is 33.1 Å². The molecule has 1 aliphatic rings. The van der Waals surface area contributed by atoms with Gasteiger partial charge in [-0.05, 0) is 19.9 Å². The van der Waals surface area contributed by atoms with E-state index in [2.05, 4.69) is 33.9 Å². The highest BCUT2D eigenvalue weighted by atomic mass is 32.1. The predicted molar refractivity (Wildman–Crippen MR) is 96.5 cm³/mol. The lowest BCUT2D eigenvalue weighted by Gasteiger charge is -2.28. The van der Waals surface area contributed by atoms with E-state index in [1.165, 1.54) is 0 Å². The highest BCUT2D eigenvalue weighted by molar-refractivity contribution is 7.17. The second kappa shape index (κ2) is 6.33. The number of allylic oxidation sites excluding steroid dienone is 1. The summed E-state index contributed by atoms with van der Waals surface area (Å²) in [6.45, 7) is 7.23. The third-order valence-corrected chi connectivity index (χ3v) is 5.07. The molecule has 0 unspecified atom stereocenters. The Labute approximate surface area is 144 Å². The van der Waals surface area contributed by atoms with Gasteiger partial charge >= 0.3 is 0 Å². The first kappa shape index (κ1) is 15.3. The minimum absolute atomic E-state index is 0.722. The first-order valence-corrected chi connectivity index (χ1v) is 8.91. The van der Waals surface area contributed by atoms with Gasteiger partial charge in [0.15, 0.2) is 17.3 Å². The number of hydrogen-bond acceptors (Lipinski definition) is 6. The zero-order valence-corrected chi connectivity index (χ0v) is 14.6. The Hall–Kier alpha value is -2.25. The summed E-state index contributed by atoms with van der Waals surface area (Å²) in [6.07, 6.45) is 4.01. The van der Waals surface area contributed by atoms with Crippen LogP contribution in [0, 0.1) is 6.92 Å². The minimum Gasteiger partial charge on any atom is -0.378 e. The maximum absolute atomic E-state index is 5.48. The van der Waals surface area contributed by atoms with Crippen LogP contribution in [-0.2, 0) is 4.74 Å². The second-order valence-electron chi connectivity index (χ2n) is 5.69. The lowest BCUT2D eigenvalue weighted by molar-refractivity contribution is 0.122. The fourth-order valence-corrected chi connectivity index (χ4v) is 3.75. The molecule has 0 saturated carbocycles. The van der Waals surface area contributed by atoms with Gasteiger partial charge < -0.3 is 14.6 Å². The van der Waals surface area contributed by atoms with Crippen LogP contribution in [0.5, 0.6) is 0 Å². The summed E-state index contributed by atoms with van der Waals surface area (Å²) < 4.78 is 6.52. The molecule has 24 heavy (non-hydrogen) atoms. The topological polar surface area (TPSA) is 66.9 Å². The van der Waals surface area contributed by atoms with Crippen LogP contribution >= 0.6 is 11.3 Å². The highest BCUT2D eigenvalue weighted by Crippen LogP contribution is 2.31. The van der Waals surface area contributed by atoms with Crippen LogP contribution in [0.4, 0.5) is 5.82 Å². The molecule has 0 spiro atoms. The Kier molecular flexibility index (Phi) is 4.03. The summed E-state index contributed by atoms with van der Waals surface area (Å²) in [5, 5.41) is 0. The summed E-state index contributed by atoms with van der Waals surface area (Å²) in [5.74, 6) is 1.69. The van der Waals surface area contributed by atoms with Gasteiger partial charge in [0.25, 0.3) is 0 Å². The number of nitrogens with zero attached hydrogens (tertiary/aromatic N) is 4. The predicted octanol–water partition coefficient (Wildman–Crippen LogP) is 3.01. The standard InChI is InChI=1S/C17H19N5OS/c1-3-12(13-4-5-18-11(13)2)15-20-16-14(24-10-19-16)17(21-15)22-6-8-23-9-7-22/h3-5,10,18H,6-9H2,1-2H3. The van der Waals surface area contributed by atoms with Crippen molar-refractivity contribution in [2.45, 2.75) is 13.8 Å². The summed E-state index contributed by atoms with van der Waals surface area (Å²) in [4.78, 5) is 19.5. The molecule has 4 rings (SSSR count). The van der Waals surface area contributed by atoms with E-state index in [9.17, 15) is 0 Å². The quantitative estimate of drug-likeness (QED) is 0.793. The summed E-state index contributed by atoms with van der Waals surface area (Å²) in [7, 11) is 0. The number of rotatable bonds is 3. The van der Waals surface area contributed by atoms with Gasteiger partial charge in [-0.3, -0.25) is 0 Å². The zero-order valence-electron chi connectivity index (χ0n) is 13.7. The molecule has 3 aromatic heterocycles. The maximum atomic E-state index is 5.48. The fraction of sp³-hybridized carbons (Fsp3) is 0.353. The van der Waals surface area contributed by atoms with Gasteiger partial charge in [-0.15, -0.1) is 11.3 Å². The average molecular weight is 341 g/mol. The van der Waals surface area contributed by atoms with Crippen molar-refractivity contribution in [3.05, 3.63) is 40.9 Å². The van der Waals surface area contributed by atoms with E-state index in [1.807, 2.05) is 18.6 Å². The molecule has 3 aromatic rings. The number of aromatic nitrogens is 4. The third-order valence-electron chi connectivity index (χ3n) is 4.26. The molecule has 0 aliphatic carbocycles. The van der Waals surface area contributed by atoms with Gasteiger partial charge in [0, 0.05) is 36.1 Å². The SMILES string of the molecule is CC=C(c1nc(N2CCOCC2)c2scnc2n1)c1cc[nH]c1C. The van der Waals surface area contributed by atoms with Crippen molar-refractivity contribution in [3.8, 4) is 0 Å². The van der Waals surface area contributed by atoms with Crippen LogP contribution in [0.15, 0.2) is 23.8 Å². The molecule has 7 heteroatoms. The Morgan fingerprint density at radius 2 is 2.17 bits per heavy atom. The van der Waals surface area contributed by atoms with E-state index in [1.54, 1.807) is 11.3 Å². The van der Waals surface area contributed by atoms with Crippen LogP contribution in [0.2, 0.25) is 0 Å². The third kappa shape index (κ3) is 2.59. The van der Waals surface area contributed by atoms with Gasteiger partial charge in [0.2, 0.25) is 0 Å². The van der Waals surface area contributed by atoms with Crippen LogP contribution in [0.1, 0.15) is 24.0 Å². The molecule has 0 aromatic carbocycles. The molecular formula is C17H19N5OS. The van der Waals surface area contributed by atoms with E-state index in [4.69, 9.17) is 14.7 Å². The number of H-pyrrole nitrogens is 1. The molecule has 1 fully saturated rings. The summed E-state index contributed by atoms with van der Waals surface area (Å²) in [5.41, 5.74) is 5.86. The van der Waals surface area contributed by atoms with E-state index >= 15 is 0 Å². The van der Waals surface area contributed by atoms with Crippen LogP contribution in [0.3, 0.4) is 0 Å². The van der Waals surface area contributed by atoms with Crippen molar-refractivity contribution in [2.24, 2.45) is 0 Å². The van der Waals surface area contributed by atoms with Gasteiger partial charge in [-0.1, -0.05) is 6.08 Å². The average Bonchev–Trinajstić information content (AvgIpc) is 3.25. The molecule has 0 atom stereocenters. The zero-order chi connectivity index (χ0) is 16.5. The summed E-state index contributed by atoms with van der Waals surface area (Å²) in [6, 6.07) is 2.06. The smallest absolute Gasteiger partial charge is 0.176 e. The molecule has 6 nitrogen and oxygen atoms in total. The Morgan fingerprint density at radius 3 is 2.88 bits per heavy atom. The van der Waals surface area contributed by atoms with E-state index in [-0.39, 0.29) is 0 Å². The first-order chi connectivity index (χ1) is 11.8. The van der Waals surface area contributed by atoms with Gasteiger partial charge in [0.05, 0.1) is 18.7 Å². The molecular weight excluding hydrogens is 322 g/mol. The molecule has 0 amide bonds. The molecule has 0 bridgehead atoms. The van der Waals surface area contributed by atoms with Gasteiger partial charge in [-0.25, -0.2) is 15.0 Å². The second-order valence-corrected chi connectivity index (χ2v) is 6.55. The Balaban J connectivity index is 1.85. The number of aryl methyl sites for hydroxylation is 1. The van der Waals surface area contributed by atoms with E-state index in [0.29, 0.717) is 0 Å². The minimum atomic E-state index is 0.722. The first-order valence-electron chi connectivity index (χ1n) is 8.03. The van der Waals surface area contributed by atoms with Crippen molar-refractivity contribution in [2.75, 3.05) is 31.2 Å². The van der Waals surface area contributed by atoms with Crippen molar-refractivity contribution < 1.29 is 4.74 Å². The Bertz CT molecular complexity index is 891. The van der Waals surface area contributed by atoms with Crippen molar-refractivity contribution in [1.82, 2.24) is 19.9 Å². The monoisotopic (exact) mass is 341 g/mol. The van der Waals surface area contributed by atoms with E-state index in [0.717, 1.165) is 65.1 Å². The number of ether oxygens (including phenoxy) is 1. The van der Waals surface area contributed by atoms with Crippen molar-refractivity contribution in [1.29, 1.82) is 0 Å². The van der Waals surface area contributed by atoms with Gasteiger partial charge in [0.1, 0.15) is 4.70 Å². The molecule has 1 N–H and O–H groups in total. The molecule has 1 aliphatic heterocycles. The van der Waals surface area contributed by atoms with Crippen molar-refractivity contribution in [3.63, 3.8) is 0 Å². The molecule has 4 heterocycles. The Morgan fingerprint density at radius 1 is 1.33 bits per heavy atom. The molecule has 0 radical (unpaired) electrons. The number of aromatic amines is 1. The molecule has 124 valence electrons. The highest BCUT2D eigenvalue weighted by Gasteiger charge is 2.21. The molecule has 1 saturated heterocycles. The van der Waals surface area contributed by atoms with Crippen LogP contribution < -0.4 is 4.90 Å². The summed E-state index contributed by atoms with van der Waals surface area (Å²) >= 11 is 1.59. The number of anilines is 1. The fourth-order valence-electron chi connectivity index (χ4n) is 3.01. The van der Waals surface area contributed by atoms with E-state index < -0.39 is 0 Å². The largest absolute Gasteiger partial charge is 0.378 e. The number of morpholine rings is 1. The van der Waals surface area contributed by atoms with Crippen LogP contribution in [-0.4, -0.2) is 46.2 Å². The number of hydrogen-bond donors (Lipinski definition) is 1.